The first-order valence-corrected chi connectivity index (χ1v) is 8.53. The van der Waals surface area contributed by atoms with Crippen LogP contribution in [-0.2, 0) is 4.79 Å². The van der Waals surface area contributed by atoms with Crippen molar-refractivity contribution in [3.63, 3.8) is 0 Å². The van der Waals surface area contributed by atoms with Crippen LogP contribution in [0.1, 0.15) is 49.4 Å². The van der Waals surface area contributed by atoms with Gasteiger partial charge in [0, 0.05) is 12.0 Å². The van der Waals surface area contributed by atoms with Gasteiger partial charge in [0.1, 0.15) is 5.82 Å². The predicted molar refractivity (Wildman–Crippen MR) is 88.0 cm³/mol. The standard InChI is InChI=1S/C18H23FN2O3/c1-10-8-14(10)17(23)21-16-7-2-11(19)9-15(16)18(24)20-12-3-5-13(22)6-4-12/h2,7,9-10,12-14,22H,3-6,8H2,1H3,(H,20,24)(H,21,23). The minimum Gasteiger partial charge on any atom is -0.393 e. The Morgan fingerprint density at radius 3 is 2.50 bits per heavy atom. The SMILES string of the molecule is CC1CC1C(=O)Nc1ccc(F)cc1C(=O)NC1CCC(O)CC1. The summed E-state index contributed by atoms with van der Waals surface area (Å²) in [5, 5.41) is 15.2. The molecule has 2 aliphatic carbocycles. The third kappa shape index (κ3) is 3.93. The third-order valence-electron chi connectivity index (χ3n) is 4.96. The Morgan fingerprint density at radius 2 is 1.88 bits per heavy atom. The van der Waals surface area contributed by atoms with Gasteiger partial charge in [-0.15, -0.1) is 0 Å². The van der Waals surface area contributed by atoms with E-state index in [1.165, 1.54) is 12.1 Å². The zero-order valence-corrected chi connectivity index (χ0v) is 13.7. The molecule has 1 aromatic rings. The first-order valence-electron chi connectivity index (χ1n) is 8.53. The fourth-order valence-electron chi connectivity index (χ4n) is 3.21. The molecule has 3 rings (SSSR count). The van der Waals surface area contributed by atoms with Crippen molar-refractivity contribution in [3.05, 3.63) is 29.6 Å². The summed E-state index contributed by atoms with van der Waals surface area (Å²) in [7, 11) is 0. The van der Waals surface area contributed by atoms with Crippen molar-refractivity contribution in [2.45, 2.75) is 51.2 Å². The number of hydrogen-bond donors (Lipinski definition) is 3. The van der Waals surface area contributed by atoms with E-state index in [-0.39, 0.29) is 29.5 Å². The molecule has 5 nitrogen and oxygen atoms in total. The van der Waals surface area contributed by atoms with Crippen LogP contribution in [0.2, 0.25) is 0 Å². The van der Waals surface area contributed by atoms with E-state index < -0.39 is 11.7 Å². The lowest BCUT2D eigenvalue weighted by Gasteiger charge is -2.26. The summed E-state index contributed by atoms with van der Waals surface area (Å²) < 4.78 is 13.6. The van der Waals surface area contributed by atoms with Crippen molar-refractivity contribution in [2.75, 3.05) is 5.32 Å². The van der Waals surface area contributed by atoms with Gasteiger partial charge in [-0.25, -0.2) is 4.39 Å². The Labute approximate surface area is 140 Å². The number of carbonyl (C=O) groups is 2. The number of nitrogens with one attached hydrogen (secondary N) is 2. The molecule has 0 spiro atoms. The fraction of sp³-hybridized carbons (Fsp3) is 0.556. The van der Waals surface area contributed by atoms with Gasteiger partial charge in [0.2, 0.25) is 5.91 Å². The molecule has 0 aliphatic heterocycles. The number of carbonyl (C=O) groups excluding carboxylic acids is 2. The van der Waals surface area contributed by atoms with Gasteiger partial charge in [-0.05, 0) is 56.2 Å². The summed E-state index contributed by atoms with van der Waals surface area (Å²) in [6.45, 7) is 2.00. The van der Waals surface area contributed by atoms with Crippen LogP contribution in [0, 0.1) is 17.7 Å². The van der Waals surface area contributed by atoms with E-state index in [0.29, 0.717) is 37.3 Å². The van der Waals surface area contributed by atoms with Crippen molar-refractivity contribution in [1.82, 2.24) is 5.32 Å². The van der Waals surface area contributed by atoms with Crippen molar-refractivity contribution in [3.8, 4) is 0 Å². The quantitative estimate of drug-likeness (QED) is 0.791. The van der Waals surface area contributed by atoms with Crippen LogP contribution >= 0.6 is 0 Å². The van der Waals surface area contributed by atoms with E-state index in [1.807, 2.05) is 6.92 Å². The summed E-state index contributed by atoms with van der Waals surface area (Å²) >= 11 is 0. The van der Waals surface area contributed by atoms with Gasteiger partial charge in [-0.2, -0.15) is 0 Å². The van der Waals surface area contributed by atoms with Gasteiger partial charge in [0.15, 0.2) is 0 Å². The highest BCUT2D eigenvalue weighted by Crippen LogP contribution is 2.38. The molecule has 2 aliphatic rings. The Bertz CT molecular complexity index is 641. The highest BCUT2D eigenvalue weighted by atomic mass is 19.1. The van der Waals surface area contributed by atoms with Crippen LogP contribution in [0.4, 0.5) is 10.1 Å². The number of aliphatic hydroxyl groups is 1. The molecule has 0 radical (unpaired) electrons. The van der Waals surface area contributed by atoms with E-state index in [9.17, 15) is 19.1 Å². The lowest BCUT2D eigenvalue weighted by Crippen LogP contribution is -2.39. The number of amides is 2. The average Bonchev–Trinajstić information content (AvgIpc) is 3.28. The average molecular weight is 334 g/mol. The molecule has 24 heavy (non-hydrogen) atoms. The monoisotopic (exact) mass is 334 g/mol. The molecule has 1 aromatic carbocycles. The van der Waals surface area contributed by atoms with Crippen molar-refractivity contribution < 1.29 is 19.1 Å². The van der Waals surface area contributed by atoms with Gasteiger partial charge < -0.3 is 15.7 Å². The van der Waals surface area contributed by atoms with E-state index >= 15 is 0 Å². The second-order valence-corrected chi connectivity index (χ2v) is 6.98. The molecule has 2 fully saturated rings. The normalized spacial score (nSPS) is 29.0. The lowest BCUT2D eigenvalue weighted by molar-refractivity contribution is -0.117. The van der Waals surface area contributed by atoms with E-state index in [4.69, 9.17) is 0 Å². The number of anilines is 1. The van der Waals surface area contributed by atoms with E-state index in [2.05, 4.69) is 10.6 Å². The van der Waals surface area contributed by atoms with Crippen LogP contribution in [0.5, 0.6) is 0 Å². The molecule has 0 saturated heterocycles. The van der Waals surface area contributed by atoms with Gasteiger partial charge in [0.25, 0.3) is 5.91 Å². The molecule has 3 N–H and O–H groups in total. The fourth-order valence-corrected chi connectivity index (χ4v) is 3.21. The molecule has 0 heterocycles. The minimum atomic E-state index is -0.517. The molecule has 0 bridgehead atoms. The molecule has 2 saturated carbocycles. The summed E-state index contributed by atoms with van der Waals surface area (Å²) in [5.74, 6) is -0.696. The molecule has 0 aromatic heterocycles. The number of hydrogen-bond acceptors (Lipinski definition) is 3. The smallest absolute Gasteiger partial charge is 0.253 e. The molecule has 2 atom stereocenters. The lowest BCUT2D eigenvalue weighted by atomic mass is 9.93. The van der Waals surface area contributed by atoms with Crippen molar-refractivity contribution in [1.29, 1.82) is 0 Å². The maximum absolute atomic E-state index is 13.6. The van der Waals surface area contributed by atoms with Gasteiger partial charge in [-0.3, -0.25) is 9.59 Å². The Hall–Kier alpha value is -1.95. The zero-order valence-electron chi connectivity index (χ0n) is 13.7. The topological polar surface area (TPSA) is 78.4 Å². The van der Waals surface area contributed by atoms with Crippen LogP contribution in [0.25, 0.3) is 0 Å². The van der Waals surface area contributed by atoms with Crippen molar-refractivity contribution in [2.24, 2.45) is 11.8 Å². The zero-order chi connectivity index (χ0) is 17.3. The molecule has 2 amide bonds. The number of benzene rings is 1. The second-order valence-electron chi connectivity index (χ2n) is 6.98. The Kier molecular flexibility index (Phi) is 4.85. The van der Waals surface area contributed by atoms with Crippen molar-refractivity contribution >= 4 is 17.5 Å². The summed E-state index contributed by atoms with van der Waals surface area (Å²) in [6.07, 6.45) is 3.24. The number of aliphatic hydroxyl groups excluding tert-OH is 1. The largest absolute Gasteiger partial charge is 0.393 e. The first kappa shape index (κ1) is 16.9. The maximum Gasteiger partial charge on any atom is 0.253 e. The van der Waals surface area contributed by atoms with Gasteiger partial charge >= 0.3 is 0 Å². The highest BCUT2D eigenvalue weighted by molar-refractivity contribution is 6.04. The summed E-state index contributed by atoms with van der Waals surface area (Å²) in [6, 6.07) is 3.79. The summed E-state index contributed by atoms with van der Waals surface area (Å²) in [4.78, 5) is 24.6. The first-order chi connectivity index (χ1) is 11.4. The Balaban J connectivity index is 1.69. The molecular weight excluding hydrogens is 311 g/mol. The van der Waals surface area contributed by atoms with Gasteiger partial charge in [-0.1, -0.05) is 6.92 Å². The van der Waals surface area contributed by atoms with Crippen LogP contribution in [0.3, 0.4) is 0 Å². The number of rotatable bonds is 4. The molecule has 2 unspecified atom stereocenters. The minimum absolute atomic E-state index is 0.0224. The summed E-state index contributed by atoms with van der Waals surface area (Å²) in [5.41, 5.74) is 0.483. The van der Waals surface area contributed by atoms with Crippen LogP contribution < -0.4 is 10.6 Å². The maximum atomic E-state index is 13.6. The molecule has 6 heteroatoms. The Morgan fingerprint density at radius 1 is 1.21 bits per heavy atom. The van der Waals surface area contributed by atoms with Gasteiger partial charge in [0.05, 0.1) is 17.4 Å². The highest BCUT2D eigenvalue weighted by Gasteiger charge is 2.39. The number of halogens is 1. The third-order valence-corrected chi connectivity index (χ3v) is 4.96. The predicted octanol–water partition coefficient (Wildman–Crippen LogP) is 2.45. The van der Waals surface area contributed by atoms with E-state index in [1.54, 1.807) is 0 Å². The molecular formula is C18H23FN2O3. The van der Waals surface area contributed by atoms with Crippen LogP contribution in [0.15, 0.2) is 18.2 Å². The van der Waals surface area contributed by atoms with E-state index in [0.717, 1.165) is 12.5 Å². The second kappa shape index (κ2) is 6.89. The molecule has 130 valence electrons. The van der Waals surface area contributed by atoms with Crippen LogP contribution in [-0.4, -0.2) is 29.1 Å².